The number of ether oxygens (including phenoxy) is 3. The van der Waals surface area contributed by atoms with Gasteiger partial charge in [0.1, 0.15) is 11.5 Å². The molecule has 2 aromatic rings. The van der Waals surface area contributed by atoms with Crippen LogP contribution in [-0.4, -0.2) is 31.1 Å². The van der Waals surface area contributed by atoms with Gasteiger partial charge in [-0.3, -0.25) is 14.6 Å². The minimum absolute atomic E-state index is 0.00247. The Bertz CT molecular complexity index is 847. The van der Waals surface area contributed by atoms with Crippen LogP contribution in [0.15, 0.2) is 18.2 Å². The van der Waals surface area contributed by atoms with Crippen molar-refractivity contribution < 1.29 is 23.8 Å². The lowest BCUT2D eigenvalue weighted by atomic mass is 10.0. The van der Waals surface area contributed by atoms with Crippen molar-refractivity contribution >= 4 is 22.8 Å². The highest BCUT2D eigenvalue weighted by atomic mass is 16.5. The molecular formula is C23H31NO5. The van der Waals surface area contributed by atoms with E-state index >= 15 is 0 Å². The smallest absolute Gasteiger partial charge is 0.311 e. The summed E-state index contributed by atoms with van der Waals surface area (Å²) in [6.45, 7) is 4.13. The topological polar surface area (TPSA) is 74.7 Å². The van der Waals surface area contributed by atoms with Gasteiger partial charge >= 0.3 is 11.9 Å². The number of aromatic nitrogens is 1. The molecule has 0 spiro atoms. The SMILES string of the molecule is CCCCCCCc1c(C)nc2cc(OC)ccc2c1OC(=O)CCC(=O)OC. The number of unbranched alkanes of at least 4 members (excludes halogenated alkanes) is 4. The Morgan fingerprint density at radius 1 is 1.00 bits per heavy atom. The molecule has 0 aliphatic heterocycles. The monoisotopic (exact) mass is 401 g/mol. The summed E-state index contributed by atoms with van der Waals surface area (Å²) in [5.41, 5.74) is 2.51. The lowest BCUT2D eigenvalue weighted by Gasteiger charge is -2.16. The molecule has 1 aromatic heterocycles. The van der Waals surface area contributed by atoms with E-state index in [0.717, 1.165) is 35.9 Å². The van der Waals surface area contributed by atoms with Gasteiger partial charge in [-0.1, -0.05) is 32.6 Å². The van der Waals surface area contributed by atoms with Gasteiger partial charge in [0, 0.05) is 22.7 Å². The van der Waals surface area contributed by atoms with Gasteiger partial charge in [0.05, 0.1) is 32.6 Å². The molecule has 1 heterocycles. The van der Waals surface area contributed by atoms with Crippen LogP contribution in [0.2, 0.25) is 0 Å². The average molecular weight is 402 g/mol. The number of nitrogens with zero attached hydrogens (tertiary/aromatic N) is 1. The second-order valence-electron chi connectivity index (χ2n) is 7.10. The van der Waals surface area contributed by atoms with Crippen molar-refractivity contribution in [1.29, 1.82) is 0 Å². The average Bonchev–Trinajstić information content (AvgIpc) is 2.72. The van der Waals surface area contributed by atoms with E-state index in [2.05, 4.69) is 11.7 Å². The molecule has 158 valence electrons. The molecule has 0 unspecified atom stereocenters. The van der Waals surface area contributed by atoms with E-state index in [1.54, 1.807) is 7.11 Å². The number of methoxy groups -OCH3 is 2. The summed E-state index contributed by atoms with van der Waals surface area (Å²) in [7, 11) is 2.91. The Kier molecular flexibility index (Phi) is 8.90. The number of fused-ring (bicyclic) bond motifs is 1. The minimum atomic E-state index is -0.453. The van der Waals surface area contributed by atoms with Crippen LogP contribution in [0.25, 0.3) is 10.9 Å². The first-order valence-corrected chi connectivity index (χ1v) is 10.2. The summed E-state index contributed by atoms with van der Waals surface area (Å²) in [4.78, 5) is 28.5. The highest BCUT2D eigenvalue weighted by Crippen LogP contribution is 2.34. The Balaban J connectivity index is 2.31. The molecule has 0 N–H and O–H groups in total. The third-order valence-electron chi connectivity index (χ3n) is 4.96. The molecule has 6 heteroatoms. The number of carbonyl (C=O) groups excluding carboxylic acids is 2. The van der Waals surface area contributed by atoms with Crippen LogP contribution in [0.5, 0.6) is 11.5 Å². The van der Waals surface area contributed by atoms with Crippen LogP contribution in [0, 0.1) is 6.92 Å². The highest BCUT2D eigenvalue weighted by Gasteiger charge is 2.18. The van der Waals surface area contributed by atoms with Crippen molar-refractivity contribution in [2.75, 3.05) is 14.2 Å². The predicted molar refractivity (Wildman–Crippen MR) is 112 cm³/mol. The van der Waals surface area contributed by atoms with Crippen molar-refractivity contribution in [1.82, 2.24) is 4.98 Å². The normalized spacial score (nSPS) is 10.8. The second-order valence-corrected chi connectivity index (χ2v) is 7.10. The molecule has 0 bridgehead atoms. The minimum Gasteiger partial charge on any atom is -0.497 e. The van der Waals surface area contributed by atoms with Gasteiger partial charge < -0.3 is 14.2 Å². The van der Waals surface area contributed by atoms with Gasteiger partial charge in [-0.05, 0) is 31.9 Å². The third-order valence-corrected chi connectivity index (χ3v) is 4.96. The van der Waals surface area contributed by atoms with E-state index in [4.69, 9.17) is 14.5 Å². The van der Waals surface area contributed by atoms with Crippen molar-refractivity contribution in [2.45, 2.75) is 65.2 Å². The number of benzene rings is 1. The van der Waals surface area contributed by atoms with Crippen molar-refractivity contribution in [2.24, 2.45) is 0 Å². The summed E-state index contributed by atoms with van der Waals surface area (Å²) < 4.78 is 15.7. The molecule has 0 fully saturated rings. The first-order chi connectivity index (χ1) is 14.0. The zero-order valence-electron chi connectivity index (χ0n) is 17.9. The second kappa shape index (κ2) is 11.4. The van der Waals surface area contributed by atoms with Crippen LogP contribution >= 0.6 is 0 Å². The molecular weight excluding hydrogens is 370 g/mol. The number of carbonyl (C=O) groups is 2. The molecule has 0 aliphatic carbocycles. The number of rotatable bonds is 11. The molecule has 2 rings (SSSR count). The zero-order chi connectivity index (χ0) is 21.2. The summed E-state index contributed by atoms with van der Waals surface area (Å²) in [6, 6.07) is 5.53. The van der Waals surface area contributed by atoms with Gasteiger partial charge in [-0.2, -0.15) is 0 Å². The third kappa shape index (κ3) is 6.44. The molecule has 0 amide bonds. The number of pyridine rings is 1. The molecule has 6 nitrogen and oxygen atoms in total. The van der Waals surface area contributed by atoms with Crippen LogP contribution in [0.3, 0.4) is 0 Å². The predicted octanol–water partition coefficient (Wildman–Crippen LogP) is 4.92. The molecule has 0 saturated heterocycles. The quantitative estimate of drug-likeness (QED) is 0.393. The van der Waals surface area contributed by atoms with E-state index in [1.165, 1.54) is 26.4 Å². The molecule has 0 aliphatic rings. The Labute approximate surface area is 172 Å². The fourth-order valence-electron chi connectivity index (χ4n) is 3.29. The fourth-order valence-corrected chi connectivity index (χ4v) is 3.29. The summed E-state index contributed by atoms with van der Waals surface area (Å²) in [6.07, 6.45) is 6.53. The summed E-state index contributed by atoms with van der Waals surface area (Å²) in [5, 5.41) is 0.770. The molecule has 0 atom stereocenters. The lowest BCUT2D eigenvalue weighted by Crippen LogP contribution is -2.13. The largest absolute Gasteiger partial charge is 0.497 e. The fraction of sp³-hybridized carbons (Fsp3) is 0.522. The van der Waals surface area contributed by atoms with Crippen LogP contribution < -0.4 is 9.47 Å². The van der Waals surface area contributed by atoms with E-state index in [9.17, 15) is 9.59 Å². The lowest BCUT2D eigenvalue weighted by molar-refractivity contribution is -0.144. The zero-order valence-corrected chi connectivity index (χ0v) is 17.9. The first kappa shape index (κ1) is 22.7. The summed E-state index contributed by atoms with van der Waals surface area (Å²) in [5.74, 6) is 0.351. The van der Waals surface area contributed by atoms with Gasteiger partial charge in [0.25, 0.3) is 0 Å². The Hall–Kier alpha value is -2.63. The maximum Gasteiger partial charge on any atom is 0.311 e. The number of hydrogen-bond donors (Lipinski definition) is 0. The van der Waals surface area contributed by atoms with E-state index < -0.39 is 11.9 Å². The Morgan fingerprint density at radius 2 is 1.72 bits per heavy atom. The standard InChI is InChI=1S/C23H31NO5/c1-5-6-7-8-9-10-18-16(2)24-20-15-17(27-3)11-12-19(20)23(18)29-22(26)14-13-21(25)28-4/h11-12,15H,5-10,13-14H2,1-4H3. The maximum absolute atomic E-state index is 12.4. The van der Waals surface area contributed by atoms with Crippen molar-refractivity contribution in [3.05, 3.63) is 29.5 Å². The van der Waals surface area contributed by atoms with Gasteiger partial charge in [0.2, 0.25) is 0 Å². The molecule has 29 heavy (non-hydrogen) atoms. The van der Waals surface area contributed by atoms with Crippen LogP contribution in [0.1, 0.15) is 63.1 Å². The van der Waals surface area contributed by atoms with Gasteiger partial charge in [0.15, 0.2) is 0 Å². The number of hydrogen-bond acceptors (Lipinski definition) is 6. The number of esters is 2. The Morgan fingerprint density at radius 3 is 2.41 bits per heavy atom. The molecule has 0 saturated carbocycles. The van der Waals surface area contributed by atoms with E-state index in [-0.39, 0.29) is 12.8 Å². The van der Waals surface area contributed by atoms with Gasteiger partial charge in [-0.15, -0.1) is 0 Å². The first-order valence-electron chi connectivity index (χ1n) is 10.2. The van der Waals surface area contributed by atoms with Crippen molar-refractivity contribution in [3.8, 4) is 11.5 Å². The van der Waals surface area contributed by atoms with Crippen LogP contribution in [0.4, 0.5) is 0 Å². The van der Waals surface area contributed by atoms with Crippen LogP contribution in [-0.2, 0) is 20.7 Å². The highest BCUT2D eigenvalue weighted by molar-refractivity contribution is 5.91. The molecule has 1 aromatic carbocycles. The van der Waals surface area contributed by atoms with E-state index in [1.807, 2.05) is 25.1 Å². The van der Waals surface area contributed by atoms with Crippen molar-refractivity contribution in [3.63, 3.8) is 0 Å². The molecule has 0 radical (unpaired) electrons. The van der Waals surface area contributed by atoms with Gasteiger partial charge in [-0.25, -0.2) is 0 Å². The maximum atomic E-state index is 12.4. The van der Waals surface area contributed by atoms with E-state index in [0.29, 0.717) is 17.0 Å². The number of aryl methyl sites for hydroxylation is 1. The summed E-state index contributed by atoms with van der Waals surface area (Å²) >= 11 is 0.